The Morgan fingerprint density at radius 3 is 2.79 bits per heavy atom. The van der Waals surface area contributed by atoms with E-state index in [0.717, 1.165) is 38.0 Å². The molecule has 2 N–H and O–H groups in total. The predicted molar refractivity (Wildman–Crippen MR) is 70.8 cm³/mol. The number of carbonyl (C=O) groups is 1. The average molecular weight is 269 g/mol. The molecule has 0 heterocycles. The quantitative estimate of drug-likeness (QED) is 0.676. The molecule has 19 heavy (non-hydrogen) atoms. The van der Waals surface area contributed by atoms with E-state index in [1.54, 1.807) is 13.2 Å². The number of halogens is 1. The highest BCUT2D eigenvalue weighted by Crippen LogP contribution is 2.10. The number of nitrogens with one attached hydrogen (secondary N) is 1. The largest absolute Gasteiger partial charge is 0.478 e. The van der Waals surface area contributed by atoms with Crippen LogP contribution in [0.1, 0.15) is 35.2 Å². The lowest BCUT2D eigenvalue weighted by molar-refractivity contribution is 0.0692. The van der Waals surface area contributed by atoms with Crippen LogP contribution < -0.4 is 5.32 Å². The van der Waals surface area contributed by atoms with Crippen LogP contribution >= 0.6 is 0 Å². The van der Waals surface area contributed by atoms with Crippen molar-refractivity contribution in [1.82, 2.24) is 5.32 Å². The van der Waals surface area contributed by atoms with Gasteiger partial charge in [0, 0.05) is 20.3 Å². The molecule has 0 spiro atoms. The summed E-state index contributed by atoms with van der Waals surface area (Å²) in [7, 11) is 1.69. The Balaban J connectivity index is 2.26. The van der Waals surface area contributed by atoms with Crippen LogP contribution in [0.3, 0.4) is 0 Å². The van der Waals surface area contributed by atoms with Crippen LogP contribution in [0.2, 0.25) is 0 Å². The molecule has 0 amide bonds. The Kier molecular flexibility index (Phi) is 7.07. The normalized spacial score (nSPS) is 10.6. The van der Waals surface area contributed by atoms with Gasteiger partial charge in [-0.3, -0.25) is 0 Å². The van der Waals surface area contributed by atoms with E-state index < -0.39 is 11.8 Å². The van der Waals surface area contributed by atoms with Gasteiger partial charge in [-0.05, 0) is 43.5 Å². The number of hydrogen-bond acceptors (Lipinski definition) is 3. The number of ether oxygens (including phenoxy) is 1. The Bertz CT molecular complexity index is 410. The highest BCUT2D eigenvalue weighted by molar-refractivity contribution is 5.87. The second-order valence-corrected chi connectivity index (χ2v) is 4.35. The highest BCUT2D eigenvalue weighted by Gasteiger charge is 2.09. The summed E-state index contributed by atoms with van der Waals surface area (Å²) in [5.74, 6) is -1.93. The van der Waals surface area contributed by atoms with Crippen LogP contribution in [-0.2, 0) is 11.3 Å². The van der Waals surface area contributed by atoms with Gasteiger partial charge < -0.3 is 15.2 Å². The Hall–Kier alpha value is -1.46. The lowest BCUT2D eigenvalue weighted by Gasteiger charge is -2.06. The average Bonchev–Trinajstić information content (AvgIpc) is 2.37. The molecule has 0 saturated heterocycles. The summed E-state index contributed by atoms with van der Waals surface area (Å²) in [6, 6.07) is 4.19. The molecule has 0 atom stereocenters. The molecule has 0 aliphatic carbocycles. The van der Waals surface area contributed by atoms with Crippen molar-refractivity contribution in [2.75, 3.05) is 20.3 Å². The Morgan fingerprint density at radius 2 is 2.16 bits per heavy atom. The monoisotopic (exact) mass is 269 g/mol. The molecule has 0 saturated carbocycles. The third-order valence-electron chi connectivity index (χ3n) is 2.80. The predicted octanol–water partition coefficient (Wildman–Crippen LogP) is 2.43. The molecule has 0 aromatic heterocycles. The van der Waals surface area contributed by atoms with Gasteiger partial charge in [-0.2, -0.15) is 0 Å². The zero-order chi connectivity index (χ0) is 14.1. The number of benzene rings is 1. The first-order valence-corrected chi connectivity index (χ1v) is 6.36. The molecule has 4 nitrogen and oxygen atoms in total. The van der Waals surface area contributed by atoms with E-state index in [-0.39, 0.29) is 5.56 Å². The summed E-state index contributed by atoms with van der Waals surface area (Å²) >= 11 is 0. The first-order valence-electron chi connectivity index (χ1n) is 6.36. The summed E-state index contributed by atoms with van der Waals surface area (Å²) in [5, 5.41) is 11.9. The van der Waals surface area contributed by atoms with Crippen LogP contribution in [-0.4, -0.2) is 31.3 Å². The molecule has 0 unspecified atom stereocenters. The molecule has 1 aromatic rings. The number of carboxylic acid groups (broad SMARTS) is 1. The first-order chi connectivity index (χ1) is 9.15. The van der Waals surface area contributed by atoms with E-state index in [1.807, 2.05) is 0 Å². The molecule has 0 aliphatic rings. The summed E-state index contributed by atoms with van der Waals surface area (Å²) in [6.07, 6.45) is 3.17. The van der Waals surface area contributed by atoms with Gasteiger partial charge in [0.1, 0.15) is 5.82 Å². The molecular formula is C14H20FNO3. The van der Waals surface area contributed by atoms with Crippen LogP contribution in [0.5, 0.6) is 0 Å². The first kappa shape index (κ1) is 15.6. The van der Waals surface area contributed by atoms with Crippen molar-refractivity contribution in [2.45, 2.75) is 25.8 Å². The number of hydrogen-bond donors (Lipinski definition) is 2. The van der Waals surface area contributed by atoms with Crippen molar-refractivity contribution in [3.63, 3.8) is 0 Å². The minimum Gasteiger partial charge on any atom is -0.478 e. The van der Waals surface area contributed by atoms with E-state index >= 15 is 0 Å². The minimum atomic E-state index is -1.24. The maximum atomic E-state index is 13.4. The lowest BCUT2D eigenvalue weighted by Crippen LogP contribution is -2.15. The van der Waals surface area contributed by atoms with Gasteiger partial charge in [0.05, 0.1) is 5.56 Å². The Morgan fingerprint density at radius 1 is 1.37 bits per heavy atom. The van der Waals surface area contributed by atoms with Crippen molar-refractivity contribution in [3.8, 4) is 0 Å². The molecule has 1 rings (SSSR count). The molecule has 106 valence electrons. The zero-order valence-corrected chi connectivity index (χ0v) is 11.1. The molecule has 1 aromatic carbocycles. The summed E-state index contributed by atoms with van der Waals surface area (Å²) in [4.78, 5) is 10.7. The van der Waals surface area contributed by atoms with Crippen LogP contribution in [0.25, 0.3) is 0 Å². The van der Waals surface area contributed by atoms with Gasteiger partial charge in [-0.1, -0.05) is 6.07 Å². The SMILES string of the molecule is COCCCCCNCc1ccc(C(=O)O)c(F)c1. The fourth-order valence-corrected chi connectivity index (χ4v) is 1.75. The van der Waals surface area contributed by atoms with Gasteiger partial charge in [0.25, 0.3) is 0 Å². The smallest absolute Gasteiger partial charge is 0.338 e. The van der Waals surface area contributed by atoms with E-state index in [1.165, 1.54) is 12.1 Å². The molecule has 5 heteroatoms. The lowest BCUT2D eigenvalue weighted by atomic mass is 10.1. The van der Waals surface area contributed by atoms with Crippen molar-refractivity contribution >= 4 is 5.97 Å². The topological polar surface area (TPSA) is 58.6 Å². The zero-order valence-electron chi connectivity index (χ0n) is 11.1. The van der Waals surface area contributed by atoms with Gasteiger partial charge in [0.2, 0.25) is 0 Å². The van der Waals surface area contributed by atoms with Crippen molar-refractivity contribution in [3.05, 3.63) is 35.1 Å². The minimum absolute atomic E-state index is 0.289. The third kappa shape index (κ3) is 5.81. The molecular weight excluding hydrogens is 249 g/mol. The summed E-state index contributed by atoms with van der Waals surface area (Å²) < 4.78 is 18.3. The van der Waals surface area contributed by atoms with E-state index in [2.05, 4.69) is 5.32 Å². The standard InChI is InChI=1S/C14H20FNO3/c1-19-8-4-2-3-7-16-10-11-5-6-12(14(17)18)13(15)9-11/h5-6,9,16H,2-4,7-8,10H2,1H3,(H,17,18). The molecule has 0 fully saturated rings. The van der Waals surface area contributed by atoms with Crippen LogP contribution in [0, 0.1) is 5.82 Å². The fraction of sp³-hybridized carbons (Fsp3) is 0.500. The van der Waals surface area contributed by atoms with Crippen LogP contribution in [0.4, 0.5) is 4.39 Å². The number of aromatic carboxylic acids is 1. The van der Waals surface area contributed by atoms with Gasteiger partial charge in [-0.15, -0.1) is 0 Å². The second kappa shape index (κ2) is 8.61. The maximum absolute atomic E-state index is 13.4. The fourth-order valence-electron chi connectivity index (χ4n) is 1.75. The number of methoxy groups -OCH3 is 1. The van der Waals surface area contributed by atoms with E-state index in [4.69, 9.17) is 9.84 Å². The van der Waals surface area contributed by atoms with Crippen molar-refractivity contribution < 1.29 is 19.0 Å². The van der Waals surface area contributed by atoms with Gasteiger partial charge in [-0.25, -0.2) is 9.18 Å². The number of carboxylic acids is 1. The number of unbranched alkanes of at least 4 members (excludes halogenated alkanes) is 2. The summed E-state index contributed by atoms with van der Waals surface area (Å²) in [6.45, 7) is 2.18. The molecule has 0 radical (unpaired) electrons. The third-order valence-corrected chi connectivity index (χ3v) is 2.80. The van der Waals surface area contributed by atoms with Gasteiger partial charge >= 0.3 is 5.97 Å². The van der Waals surface area contributed by atoms with Crippen LogP contribution in [0.15, 0.2) is 18.2 Å². The van der Waals surface area contributed by atoms with E-state index in [0.29, 0.717) is 6.54 Å². The molecule has 0 aliphatic heterocycles. The highest BCUT2D eigenvalue weighted by atomic mass is 19.1. The van der Waals surface area contributed by atoms with Crippen molar-refractivity contribution in [2.24, 2.45) is 0 Å². The van der Waals surface area contributed by atoms with E-state index in [9.17, 15) is 9.18 Å². The number of rotatable bonds is 9. The maximum Gasteiger partial charge on any atom is 0.338 e. The second-order valence-electron chi connectivity index (χ2n) is 4.35. The molecule has 0 bridgehead atoms. The Labute approximate surface area is 112 Å². The van der Waals surface area contributed by atoms with Gasteiger partial charge in [0.15, 0.2) is 0 Å². The van der Waals surface area contributed by atoms with Crippen molar-refractivity contribution in [1.29, 1.82) is 0 Å². The summed E-state index contributed by atoms with van der Waals surface area (Å²) in [5.41, 5.74) is 0.461.